The normalized spacial score (nSPS) is 10.5. The Kier molecular flexibility index (Phi) is 6.94. The number of methoxy groups -OCH3 is 1. The summed E-state index contributed by atoms with van der Waals surface area (Å²) < 4.78 is 16.1. The Bertz CT molecular complexity index is 424. The van der Waals surface area contributed by atoms with Crippen molar-refractivity contribution in [3.63, 3.8) is 0 Å². The van der Waals surface area contributed by atoms with Crippen LogP contribution in [-0.4, -0.2) is 26.9 Å². The van der Waals surface area contributed by atoms with E-state index in [1.165, 1.54) is 0 Å². The highest BCUT2D eigenvalue weighted by molar-refractivity contribution is 5.45. The lowest BCUT2D eigenvalue weighted by Gasteiger charge is -2.09. The third-order valence-corrected chi connectivity index (χ3v) is 2.48. The van der Waals surface area contributed by atoms with Crippen LogP contribution in [0.15, 0.2) is 18.2 Å². The first-order chi connectivity index (χ1) is 9.17. The van der Waals surface area contributed by atoms with E-state index in [0.717, 1.165) is 12.2 Å². The Balaban J connectivity index is 2.32. The second-order valence-corrected chi connectivity index (χ2v) is 4.67. The minimum absolute atomic E-state index is 0.493. The molecule has 0 fully saturated rings. The summed E-state index contributed by atoms with van der Waals surface area (Å²) in [6.07, 6.45) is 0. The number of nitrogens with zero attached hydrogens (tertiary/aromatic N) is 1. The van der Waals surface area contributed by atoms with Crippen LogP contribution in [0.5, 0.6) is 5.75 Å². The molecule has 0 amide bonds. The number of ether oxygens (including phenoxy) is 3. The molecule has 0 atom stereocenters. The Morgan fingerprint density at radius 3 is 2.58 bits per heavy atom. The Morgan fingerprint density at radius 1 is 1.21 bits per heavy atom. The largest absolute Gasteiger partial charge is 0.495 e. The molecule has 0 N–H and O–H groups in total. The van der Waals surface area contributed by atoms with Gasteiger partial charge in [-0.25, -0.2) is 0 Å². The van der Waals surface area contributed by atoms with Gasteiger partial charge >= 0.3 is 0 Å². The summed E-state index contributed by atoms with van der Waals surface area (Å²) in [5.41, 5.74) is 1.52. The van der Waals surface area contributed by atoms with E-state index in [9.17, 15) is 0 Å². The molecule has 4 heteroatoms. The Hall–Kier alpha value is -1.57. The maximum absolute atomic E-state index is 8.88. The second-order valence-electron chi connectivity index (χ2n) is 4.67. The van der Waals surface area contributed by atoms with Gasteiger partial charge in [-0.05, 0) is 23.6 Å². The van der Waals surface area contributed by atoms with Gasteiger partial charge in [-0.2, -0.15) is 5.26 Å². The first-order valence-electron chi connectivity index (χ1n) is 6.40. The average Bonchev–Trinajstić information content (AvgIpc) is 2.42. The summed E-state index contributed by atoms with van der Waals surface area (Å²) in [7, 11) is 1.56. The van der Waals surface area contributed by atoms with Crippen LogP contribution in [0.2, 0.25) is 0 Å². The molecule has 1 aromatic carbocycles. The van der Waals surface area contributed by atoms with Crippen molar-refractivity contribution in [3.8, 4) is 11.8 Å². The maximum Gasteiger partial charge on any atom is 0.136 e. The zero-order valence-corrected chi connectivity index (χ0v) is 11.8. The van der Waals surface area contributed by atoms with Crippen LogP contribution in [0, 0.1) is 17.2 Å². The van der Waals surface area contributed by atoms with Crippen molar-refractivity contribution in [1.82, 2.24) is 0 Å². The molecule has 104 valence electrons. The van der Waals surface area contributed by atoms with Crippen molar-refractivity contribution in [2.45, 2.75) is 20.5 Å². The van der Waals surface area contributed by atoms with Crippen molar-refractivity contribution < 1.29 is 14.2 Å². The Morgan fingerprint density at radius 2 is 1.95 bits per heavy atom. The summed E-state index contributed by atoms with van der Waals surface area (Å²) >= 11 is 0. The van der Waals surface area contributed by atoms with Crippen LogP contribution in [0.25, 0.3) is 0 Å². The molecule has 0 saturated heterocycles. The fourth-order valence-corrected chi connectivity index (χ4v) is 1.54. The van der Waals surface area contributed by atoms with Crippen LogP contribution in [-0.2, 0) is 16.1 Å². The molecule has 0 aliphatic heterocycles. The molecule has 0 aromatic heterocycles. The van der Waals surface area contributed by atoms with Crippen molar-refractivity contribution in [1.29, 1.82) is 5.26 Å². The van der Waals surface area contributed by atoms with Crippen LogP contribution in [0.4, 0.5) is 0 Å². The van der Waals surface area contributed by atoms with Gasteiger partial charge in [0.15, 0.2) is 0 Å². The number of hydrogen-bond donors (Lipinski definition) is 0. The van der Waals surface area contributed by atoms with Gasteiger partial charge in [0.25, 0.3) is 0 Å². The molecule has 1 aromatic rings. The molecule has 4 nitrogen and oxygen atoms in total. The zero-order valence-electron chi connectivity index (χ0n) is 11.8. The number of hydrogen-bond acceptors (Lipinski definition) is 4. The summed E-state index contributed by atoms with van der Waals surface area (Å²) in [4.78, 5) is 0. The minimum atomic E-state index is 0.493. The van der Waals surface area contributed by atoms with E-state index in [-0.39, 0.29) is 0 Å². The van der Waals surface area contributed by atoms with Gasteiger partial charge in [-0.1, -0.05) is 19.9 Å². The molecular formula is C15H21NO3. The van der Waals surface area contributed by atoms with Crippen molar-refractivity contribution >= 4 is 0 Å². The minimum Gasteiger partial charge on any atom is -0.495 e. The van der Waals surface area contributed by atoms with Crippen molar-refractivity contribution in [2.24, 2.45) is 5.92 Å². The summed E-state index contributed by atoms with van der Waals surface area (Å²) in [6, 6.07) is 7.52. The third kappa shape index (κ3) is 5.73. The molecular weight excluding hydrogens is 242 g/mol. The van der Waals surface area contributed by atoms with E-state index in [0.29, 0.717) is 37.1 Å². The molecule has 0 heterocycles. The molecule has 0 radical (unpaired) electrons. The molecule has 0 aliphatic rings. The van der Waals surface area contributed by atoms with Crippen LogP contribution in [0.1, 0.15) is 25.0 Å². The fourth-order valence-electron chi connectivity index (χ4n) is 1.54. The fraction of sp³-hybridized carbons (Fsp3) is 0.533. The first-order valence-corrected chi connectivity index (χ1v) is 6.40. The summed E-state index contributed by atoms with van der Waals surface area (Å²) in [6.45, 7) is 6.65. The first kappa shape index (κ1) is 15.5. The SMILES string of the molecule is COc1cc(COCCOCC(C)C)ccc1C#N. The highest BCUT2D eigenvalue weighted by Gasteiger charge is 2.03. The van der Waals surface area contributed by atoms with Gasteiger partial charge < -0.3 is 14.2 Å². The standard InChI is InChI=1S/C15H21NO3/c1-12(2)10-18-6-7-19-11-13-4-5-14(9-16)15(8-13)17-3/h4-5,8,12H,6-7,10-11H2,1-3H3. The predicted octanol–water partition coefficient (Wildman–Crippen LogP) is 2.76. The number of benzene rings is 1. The summed E-state index contributed by atoms with van der Waals surface area (Å²) in [5, 5.41) is 8.88. The van der Waals surface area contributed by atoms with E-state index < -0.39 is 0 Å². The average molecular weight is 263 g/mol. The molecule has 0 aliphatic carbocycles. The quantitative estimate of drug-likeness (QED) is 0.677. The Labute approximate surface area is 114 Å². The van der Waals surface area contributed by atoms with Gasteiger partial charge in [0, 0.05) is 6.61 Å². The number of rotatable bonds is 8. The van der Waals surface area contributed by atoms with Gasteiger partial charge in [-0.3, -0.25) is 0 Å². The monoisotopic (exact) mass is 263 g/mol. The molecule has 0 unspecified atom stereocenters. The van der Waals surface area contributed by atoms with Crippen LogP contribution < -0.4 is 4.74 Å². The lowest BCUT2D eigenvalue weighted by atomic mass is 10.1. The third-order valence-electron chi connectivity index (χ3n) is 2.48. The maximum atomic E-state index is 8.88. The van der Waals surface area contributed by atoms with Crippen molar-refractivity contribution in [2.75, 3.05) is 26.9 Å². The molecule has 1 rings (SSSR count). The van der Waals surface area contributed by atoms with E-state index in [1.807, 2.05) is 12.1 Å². The van der Waals surface area contributed by atoms with E-state index in [4.69, 9.17) is 19.5 Å². The smallest absolute Gasteiger partial charge is 0.136 e. The topological polar surface area (TPSA) is 51.5 Å². The van der Waals surface area contributed by atoms with Crippen LogP contribution in [0.3, 0.4) is 0 Å². The van der Waals surface area contributed by atoms with E-state index in [1.54, 1.807) is 13.2 Å². The van der Waals surface area contributed by atoms with Crippen LogP contribution >= 0.6 is 0 Å². The number of nitriles is 1. The lowest BCUT2D eigenvalue weighted by molar-refractivity contribution is 0.0314. The van der Waals surface area contributed by atoms with Gasteiger partial charge in [0.05, 0.1) is 32.5 Å². The molecule has 0 spiro atoms. The van der Waals surface area contributed by atoms with Gasteiger partial charge in [0.2, 0.25) is 0 Å². The second kappa shape index (κ2) is 8.52. The molecule has 0 bridgehead atoms. The lowest BCUT2D eigenvalue weighted by Crippen LogP contribution is -2.08. The van der Waals surface area contributed by atoms with Gasteiger partial charge in [-0.15, -0.1) is 0 Å². The summed E-state index contributed by atoms with van der Waals surface area (Å²) in [5.74, 6) is 1.13. The highest BCUT2D eigenvalue weighted by Crippen LogP contribution is 2.19. The van der Waals surface area contributed by atoms with Gasteiger partial charge in [0.1, 0.15) is 11.8 Å². The molecule has 0 saturated carbocycles. The zero-order chi connectivity index (χ0) is 14.1. The predicted molar refractivity (Wildman–Crippen MR) is 73.0 cm³/mol. The van der Waals surface area contributed by atoms with Crippen molar-refractivity contribution in [3.05, 3.63) is 29.3 Å². The molecule has 19 heavy (non-hydrogen) atoms. The van der Waals surface area contributed by atoms with E-state index >= 15 is 0 Å². The van der Waals surface area contributed by atoms with E-state index in [2.05, 4.69) is 19.9 Å². The highest BCUT2D eigenvalue weighted by atomic mass is 16.5.